The lowest BCUT2D eigenvalue weighted by Gasteiger charge is -2.45. The van der Waals surface area contributed by atoms with Gasteiger partial charge in [0.25, 0.3) is 5.56 Å². The summed E-state index contributed by atoms with van der Waals surface area (Å²) < 4.78 is 7.92. The molecule has 0 saturated carbocycles. The first kappa shape index (κ1) is 26.2. The molecule has 1 aliphatic rings. The molecule has 0 radical (unpaired) electrons. The van der Waals surface area contributed by atoms with Gasteiger partial charge in [-0.25, -0.2) is 4.79 Å². The third-order valence-corrected chi connectivity index (χ3v) is 7.29. The number of carbonyl (C=O) groups excluding carboxylic acids is 1. The molecule has 1 saturated heterocycles. The summed E-state index contributed by atoms with van der Waals surface area (Å²) in [5.74, 6) is 0. The van der Waals surface area contributed by atoms with Crippen molar-refractivity contribution in [3.05, 3.63) is 94.4 Å². The second-order valence-electron chi connectivity index (χ2n) is 10.9. The maximum atomic E-state index is 13.4. The first-order valence-electron chi connectivity index (χ1n) is 12.8. The van der Waals surface area contributed by atoms with Crippen LogP contribution in [0.2, 0.25) is 0 Å². The van der Waals surface area contributed by atoms with Gasteiger partial charge in [0.15, 0.2) is 0 Å². The second kappa shape index (κ2) is 10.3. The number of benzene rings is 2. The average Bonchev–Trinajstić information content (AvgIpc) is 2.89. The zero-order valence-corrected chi connectivity index (χ0v) is 22.3. The Morgan fingerprint density at radius 3 is 2.22 bits per heavy atom. The molecule has 2 aromatic carbocycles. The number of rotatable bonds is 7. The predicted octanol–water partition coefficient (Wildman–Crippen LogP) is 6.83. The molecule has 1 amide bonds. The van der Waals surface area contributed by atoms with Crippen molar-refractivity contribution < 1.29 is 9.53 Å². The van der Waals surface area contributed by atoms with Gasteiger partial charge in [-0.1, -0.05) is 54.6 Å². The van der Waals surface area contributed by atoms with Gasteiger partial charge in [-0.2, -0.15) is 5.26 Å². The minimum atomic E-state index is -0.836. The molecule has 1 fully saturated rings. The van der Waals surface area contributed by atoms with Crippen molar-refractivity contribution in [2.45, 2.75) is 65.1 Å². The molecule has 0 bridgehead atoms. The fraction of sp³-hybridized carbons (Fsp3) is 0.387. The monoisotopic (exact) mass is 497 g/mol. The summed E-state index contributed by atoms with van der Waals surface area (Å²) in [6.45, 7) is 10.3. The van der Waals surface area contributed by atoms with Crippen LogP contribution in [-0.2, 0) is 10.3 Å². The molecule has 2 atom stereocenters. The molecular formula is C31H35N3O3. The number of aromatic nitrogens is 1. The van der Waals surface area contributed by atoms with Crippen LogP contribution in [0.25, 0.3) is 11.1 Å². The van der Waals surface area contributed by atoms with E-state index in [0.29, 0.717) is 19.4 Å². The van der Waals surface area contributed by atoms with Gasteiger partial charge in [-0.3, -0.25) is 4.79 Å². The summed E-state index contributed by atoms with van der Waals surface area (Å²) in [5.41, 5.74) is 2.41. The first-order chi connectivity index (χ1) is 17.5. The Hall–Kier alpha value is -3.85. The molecule has 2 heterocycles. The summed E-state index contributed by atoms with van der Waals surface area (Å²) in [6, 6.07) is 23.6. The Balaban J connectivity index is 1.55. The minimum Gasteiger partial charge on any atom is -0.438 e. The number of hydrogen-bond donors (Lipinski definition) is 0. The van der Waals surface area contributed by atoms with Crippen LogP contribution in [0.4, 0.5) is 4.79 Å². The molecule has 1 aromatic heterocycles. The minimum absolute atomic E-state index is 0.0164. The fourth-order valence-electron chi connectivity index (χ4n) is 5.16. The molecule has 6 heteroatoms. The van der Waals surface area contributed by atoms with Crippen molar-refractivity contribution in [1.29, 1.82) is 5.26 Å². The lowest BCUT2D eigenvalue weighted by Crippen LogP contribution is -2.50. The van der Waals surface area contributed by atoms with E-state index in [1.807, 2.05) is 101 Å². The SMILES string of the molecule is CC(C)n1cc(-c2ccc([C@H](C)N3CCC(CC(C)(C)C#N)(c4ccccc4)OC3=O)cc2)ccc1=O. The van der Waals surface area contributed by atoms with Crippen LogP contribution in [0.15, 0.2) is 77.7 Å². The Morgan fingerprint density at radius 1 is 0.973 bits per heavy atom. The topological polar surface area (TPSA) is 75.3 Å². The van der Waals surface area contributed by atoms with Crippen molar-refractivity contribution in [3.8, 4) is 17.2 Å². The number of carbonyl (C=O) groups is 1. The molecule has 37 heavy (non-hydrogen) atoms. The third kappa shape index (κ3) is 5.46. The van der Waals surface area contributed by atoms with Gasteiger partial charge in [0.2, 0.25) is 0 Å². The van der Waals surface area contributed by atoms with E-state index in [1.165, 1.54) is 0 Å². The van der Waals surface area contributed by atoms with Crippen molar-refractivity contribution in [1.82, 2.24) is 9.47 Å². The Bertz CT molecular complexity index is 1350. The quantitative estimate of drug-likeness (QED) is 0.358. The fourth-order valence-corrected chi connectivity index (χ4v) is 5.16. The van der Waals surface area contributed by atoms with Crippen molar-refractivity contribution in [2.75, 3.05) is 6.54 Å². The van der Waals surface area contributed by atoms with E-state index >= 15 is 0 Å². The van der Waals surface area contributed by atoms with Crippen LogP contribution in [0, 0.1) is 16.7 Å². The van der Waals surface area contributed by atoms with Gasteiger partial charge < -0.3 is 14.2 Å². The summed E-state index contributed by atoms with van der Waals surface area (Å²) in [6.07, 6.45) is 2.55. The Morgan fingerprint density at radius 2 is 1.62 bits per heavy atom. The number of ether oxygens (including phenoxy) is 1. The number of pyridine rings is 1. The maximum Gasteiger partial charge on any atom is 0.411 e. The number of amides is 1. The summed E-state index contributed by atoms with van der Waals surface area (Å²) in [5, 5.41) is 9.68. The van der Waals surface area contributed by atoms with Crippen LogP contribution in [-0.4, -0.2) is 22.1 Å². The highest BCUT2D eigenvalue weighted by Crippen LogP contribution is 2.44. The maximum absolute atomic E-state index is 13.4. The average molecular weight is 498 g/mol. The van der Waals surface area contributed by atoms with Crippen molar-refractivity contribution in [2.24, 2.45) is 5.41 Å². The third-order valence-electron chi connectivity index (χ3n) is 7.29. The number of nitriles is 1. The van der Waals surface area contributed by atoms with Crippen LogP contribution >= 0.6 is 0 Å². The highest BCUT2D eigenvalue weighted by molar-refractivity contribution is 5.70. The number of hydrogen-bond acceptors (Lipinski definition) is 4. The molecule has 0 N–H and O–H groups in total. The first-order valence-corrected chi connectivity index (χ1v) is 12.8. The largest absolute Gasteiger partial charge is 0.438 e. The molecular weight excluding hydrogens is 462 g/mol. The van der Waals surface area contributed by atoms with E-state index in [-0.39, 0.29) is 23.7 Å². The predicted molar refractivity (Wildman–Crippen MR) is 145 cm³/mol. The molecule has 6 nitrogen and oxygen atoms in total. The van der Waals surface area contributed by atoms with E-state index in [4.69, 9.17) is 4.74 Å². The van der Waals surface area contributed by atoms with Gasteiger partial charge in [0.1, 0.15) is 5.60 Å². The zero-order valence-electron chi connectivity index (χ0n) is 22.3. The molecule has 192 valence electrons. The molecule has 0 spiro atoms. The lowest BCUT2D eigenvalue weighted by atomic mass is 9.75. The highest BCUT2D eigenvalue weighted by atomic mass is 16.6. The van der Waals surface area contributed by atoms with E-state index in [9.17, 15) is 14.9 Å². The van der Waals surface area contributed by atoms with Gasteiger partial charge in [0, 0.05) is 37.7 Å². The zero-order chi connectivity index (χ0) is 26.8. The van der Waals surface area contributed by atoms with Crippen LogP contribution in [0.3, 0.4) is 0 Å². The Labute approximate surface area is 219 Å². The van der Waals surface area contributed by atoms with Crippen LogP contribution in [0.5, 0.6) is 0 Å². The van der Waals surface area contributed by atoms with E-state index in [1.54, 1.807) is 15.5 Å². The summed E-state index contributed by atoms with van der Waals surface area (Å²) in [7, 11) is 0. The molecule has 1 unspecified atom stereocenters. The molecule has 4 rings (SSSR count). The summed E-state index contributed by atoms with van der Waals surface area (Å²) in [4.78, 5) is 27.3. The molecule has 3 aromatic rings. The number of cyclic esters (lactones) is 1. The second-order valence-corrected chi connectivity index (χ2v) is 10.9. The van der Waals surface area contributed by atoms with E-state index < -0.39 is 11.0 Å². The molecule has 1 aliphatic heterocycles. The van der Waals surface area contributed by atoms with E-state index in [0.717, 1.165) is 22.3 Å². The van der Waals surface area contributed by atoms with Gasteiger partial charge >= 0.3 is 6.09 Å². The lowest BCUT2D eigenvalue weighted by molar-refractivity contribution is -0.0770. The highest BCUT2D eigenvalue weighted by Gasteiger charge is 2.46. The van der Waals surface area contributed by atoms with E-state index in [2.05, 4.69) is 6.07 Å². The van der Waals surface area contributed by atoms with Crippen LogP contribution in [0.1, 0.15) is 70.7 Å². The van der Waals surface area contributed by atoms with Crippen molar-refractivity contribution in [3.63, 3.8) is 0 Å². The van der Waals surface area contributed by atoms with Gasteiger partial charge in [0.05, 0.1) is 17.5 Å². The molecule has 0 aliphatic carbocycles. The van der Waals surface area contributed by atoms with Gasteiger partial charge in [-0.05, 0) is 62.9 Å². The normalized spacial score (nSPS) is 18.8. The number of nitrogens with zero attached hydrogens (tertiary/aromatic N) is 3. The van der Waals surface area contributed by atoms with Gasteiger partial charge in [-0.15, -0.1) is 0 Å². The van der Waals surface area contributed by atoms with Crippen LogP contribution < -0.4 is 5.56 Å². The Kier molecular flexibility index (Phi) is 7.27. The summed E-state index contributed by atoms with van der Waals surface area (Å²) >= 11 is 0. The van der Waals surface area contributed by atoms with Crippen molar-refractivity contribution >= 4 is 6.09 Å². The smallest absolute Gasteiger partial charge is 0.411 e. The standard InChI is InChI=1S/C31H35N3O3/c1-22(2)34-19-26(15-16-28(34)35)25-13-11-24(12-14-25)23(3)33-18-17-31(37-29(33)36,20-30(4,5)21-32)27-9-7-6-8-10-27/h6-16,19,22-23H,17-18,20H2,1-5H3/t23-,31?/m0/s1.